The van der Waals surface area contributed by atoms with E-state index in [1.165, 1.54) is 38.5 Å². The minimum Gasteiger partial charge on any atom is -0.506 e. The van der Waals surface area contributed by atoms with Crippen molar-refractivity contribution in [3.05, 3.63) is 26.6 Å². The van der Waals surface area contributed by atoms with Crippen molar-refractivity contribution in [3.63, 3.8) is 0 Å². The maximum atomic E-state index is 10.1. The summed E-state index contributed by atoms with van der Waals surface area (Å²) in [6, 6.07) is 3.60. The predicted octanol–water partition coefficient (Wildman–Crippen LogP) is 4.68. The van der Waals surface area contributed by atoms with Crippen molar-refractivity contribution in [2.75, 3.05) is 0 Å². The van der Waals surface area contributed by atoms with Crippen LogP contribution < -0.4 is 10.7 Å². The molecule has 0 aromatic heterocycles. The van der Waals surface area contributed by atoms with E-state index in [9.17, 15) is 5.11 Å². The molecule has 0 radical (unpaired) electrons. The Bertz CT molecular complexity index is 702. The van der Waals surface area contributed by atoms with Crippen LogP contribution in [-0.2, 0) is 0 Å². The second-order valence-electron chi connectivity index (χ2n) is 7.85. The van der Waals surface area contributed by atoms with Crippen molar-refractivity contribution >= 4 is 55.4 Å². The second-order valence-corrected chi connectivity index (χ2v) is 10.0. The molecule has 0 atom stereocenters. The number of aromatic hydroxyl groups is 1. The molecule has 25 heavy (non-hydrogen) atoms. The molecule has 3 N–H and O–H groups in total. The second kappa shape index (κ2) is 6.82. The van der Waals surface area contributed by atoms with Gasteiger partial charge in [-0.2, -0.15) is 5.10 Å². The first-order valence-electron chi connectivity index (χ1n) is 8.72. The van der Waals surface area contributed by atoms with Crippen LogP contribution in [0.4, 0.5) is 0 Å². The third-order valence-corrected chi connectivity index (χ3v) is 7.10. The van der Waals surface area contributed by atoms with E-state index in [0.29, 0.717) is 15.1 Å². The fourth-order valence-corrected chi connectivity index (χ4v) is 6.90. The molecule has 7 heteroatoms. The molecule has 4 fully saturated rings. The summed E-state index contributed by atoms with van der Waals surface area (Å²) in [5.41, 5.74) is 3.71. The lowest BCUT2D eigenvalue weighted by Crippen LogP contribution is -2.61. The number of thiocarbonyl (C=S) groups is 1. The molecule has 4 saturated carbocycles. The zero-order chi connectivity index (χ0) is 17.6. The molecule has 0 unspecified atom stereocenters. The monoisotopic (exact) mass is 485 g/mol. The van der Waals surface area contributed by atoms with Crippen molar-refractivity contribution in [1.29, 1.82) is 0 Å². The Morgan fingerprint density at radius 1 is 1.16 bits per heavy atom. The summed E-state index contributed by atoms with van der Waals surface area (Å²) in [6.45, 7) is 0. The fourth-order valence-electron chi connectivity index (χ4n) is 5.38. The highest BCUT2D eigenvalue weighted by Gasteiger charge is 2.51. The third-order valence-electron chi connectivity index (χ3n) is 5.84. The summed E-state index contributed by atoms with van der Waals surface area (Å²) in [6.07, 6.45) is 9.54. The van der Waals surface area contributed by atoms with Crippen LogP contribution in [0.3, 0.4) is 0 Å². The van der Waals surface area contributed by atoms with Gasteiger partial charge in [-0.25, -0.2) is 0 Å². The minimum atomic E-state index is 0.161. The summed E-state index contributed by atoms with van der Waals surface area (Å²) < 4.78 is 1.49. The van der Waals surface area contributed by atoms with E-state index in [-0.39, 0.29) is 11.3 Å². The topological polar surface area (TPSA) is 56.7 Å². The molecule has 4 aliphatic carbocycles. The molecule has 4 aliphatic rings. The van der Waals surface area contributed by atoms with Crippen LogP contribution in [0.15, 0.2) is 26.2 Å². The van der Waals surface area contributed by atoms with Crippen molar-refractivity contribution in [1.82, 2.24) is 10.7 Å². The zero-order valence-corrected chi connectivity index (χ0v) is 17.8. The van der Waals surface area contributed by atoms with E-state index >= 15 is 0 Å². The maximum absolute atomic E-state index is 10.1. The Morgan fingerprint density at radius 3 is 2.36 bits per heavy atom. The largest absolute Gasteiger partial charge is 0.506 e. The van der Waals surface area contributed by atoms with Gasteiger partial charge in [0.15, 0.2) is 5.11 Å². The van der Waals surface area contributed by atoms with Crippen molar-refractivity contribution in [3.8, 4) is 5.75 Å². The number of benzene rings is 1. The highest BCUT2D eigenvalue weighted by molar-refractivity contribution is 9.11. The fraction of sp³-hybridized carbons (Fsp3) is 0.556. The summed E-state index contributed by atoms with van der Waals surface area (Å²) in [5, 5.41) is 18.4. The lowest BCUT2D eigenvalue weighted by Gasteiger charge is -2.57. The molecule has 0 spiro atoms. The number of hydrogen-bond acceptors (Lipinski definition) is 3. The number of phenolic OH excluding ortho intramolecular Hbond substituents is 1. The van der Waals surface area contributed by atoms with E-state index in [4.69, 9.17) is 12.2 Å². The van der Waals surface area contributed by atoms with Crippen LogP contribution in [0.5, 0.6) is 5.75 Å². The molecular weight excluding hydrogens is 466 g/mol. The smallest absolute Gasteiger partial charge is 0.187 e. The van der Waals surface area contributed by atoms with Gasteiger partial charge in [-0.3, -0.25) is 5.43 Å². The van der Waals surface area contributed by atoms with Crippen molar-refractivity contribution < 1.29 is 5.11 Å². The SMILES string of the molecule is Oc1c(Br)cc(Br)cc1/C=N\NC(=S)NC12CC3CC(CC(C3)C1)C2. The van der Waals surface area contributed by atoms with E-state index in [2.05, 4.69) is 47.7 Å². The van der Waals surface area contributed by atoms with Gasteiger partial charge in [0.2, 0.25) is 0 Å². The molecule has 0 saturated heterocycles. The first-order chi connectivity index (χ1) is 11.9. The first-order valence-corrected chi connectivity index (χ1v) is 10.7. The minimum absolute atomic E-state index is 0.161. The van der Waals surface area contributed by atoms with Gasteiger partial charge < -0.3 is 10.4 Å². The standard InChI is InChI=1S/C18H21Br2N3OS/c19-14-4-13(16(24)15(20)5-14)9-21-23-17(25)22-18-6-10-1-11(7-18)3-12(2-10)8-18/h4-5,9-12,24H,1-3,6-8H2,(H2,22,23,25)/b21-9-. The normalized spacial score (nSPS) is 33.0. The maximum Gasteiger partial charge on any atom is 0.187 e. The van der Waals surface area contributed by atoms with Crippen LogP contribution in [0.25, 0.3) is 0 Å². The lowest BCUT2D eigenvalue weighted by molar-refractivity contribution is -0.0101. The molecule has 1 aromatic carbocycles. The predicted molar refractivity (Wildman–Crippen MR) is 111 cm³/mol. The molecule has 1 aromatic rings. The van der Waals surface area contributed by atoms with Gasteiger partial charge in [-0.05, 0) is 96.6 Å². The number of phenols is 1. The van der Waals surface area contributed by atoms with Crippen LogP contribution in [0.1, 0.15) is 44.1 Å². The Hall–Kier alpha value is -0.660. The molecule has 134 valence electrons. The molecule has 5 rings (SSSR count). The Labute approximate surface area is 170 Å². The number of nitrogens with zero attached hydrogens (tertiary/aromatic N) is 1. The van der Waals surface area contributed by atoms with Gasteiger partial charge in [-0.1, -0.05) is 15.9 Å². The quantitative estimate of drug-likeness (QED) is 0.329. The molecular formula is C18H21Br2N3OS. The van der Waals surface area contributed by atoms with Gasteiger partial charge >= 0.3 is 0 Å². The zero-order valence-electron chi connectivity index (χ0n) is 13.8. The first kappa shape index (κ1) is 17.7. The Morgan fingerprint density at radius 2 is 1.76 bits per heavy atom. The highest BCUT2D eigenvalue weighted by atomic mass is 79.9. The molecule has 0 amide bonds. The Balaban J connectivity index is 1.39. The van der Waals surface area contributed by atoms with Crippen LogP contribution >= 0.6 is 44.1 Å². The summed E-state index contributed by atoms with van der Waals surface area (Å²) >= 11 is 12.2. The van der Waals surface area contributed by atoms with E-state index < -0.39 is 0 Å². The molecule has 4 bridgehead atoms. The number of halogens is 2. The van der Waals surface area contributed by atoms with Gasteiger partial charge in [0.25, 0.3) is 0 Å². The van der Waals surface area contributed by atoms with E-state index in [1.807, 2.05) is 0 Å². The lowest BCUT2D eigenvalue weighted by atomic mass is 9.53. The number of hydrazone groups is 1. The Kier molecular flexibility index (Phi) is 4.84. The molecule has 0 heterocycles. The summed E-state index contributed by atoms with van der Waals surface area (Å²) in [7, 11) is 0. The number of hydrogen-bond donors (Lipinski definition) is 3. The molecule has 4 nitrogen and oxygen atoms in total. The van der Waals surface area contributed by atoms with Crippen molar-refractivity contribution in [2.45, 2.75) is 44.1 Å². The average Bonchev–Trinajstić information content (AvgIpc) is 2.50. The average molecular weight is 487 g/mol. The number of rotatable bonds is 3. The van der Waals surface area contributed by atoms with Gasteiger partial charge in [0.1, 0.15) is 5.75 Å². The summed E-state index contributed by atoms with van der Waals surface area (Å²) in [5.74, 6) is 2.79. The summed E-state index contributed by atoms with van der Waals surface area (Å²) in [4.78, 5) is 0. The van der Waals surface area contributed by atoms with Crippen LogP contribution in [0.2, 0.25) is 0 Å². The number of nitrogens with one attached hydrogen (secondary N) is 2. The van der Waals surface area contributed by atoms with Crippen molar-refractivity contribution in [2.24, 2.45) is 22.9 Å². The third kappa shape index (κ3) is 3.74. The van der Waals surface area contributed by atoms with E-state index in [0.717, 1.165) is 22.2 Å². The van der Waals surface area contributed by atoms with Gasteiger partial charge in [0.05, 0.1) is 10.7 Å². The highest BCUT2D eigenvalue weighted by Crippen LogP contribution is 2.55. The van der Waals surface area contributed by atoms with Crippen LogP contribution in [-0.4, -0.2) is 22.0 Å². The van der Waals surface area contributed by atoms with Crippen LogP contribution in [0, 0.1) is 17.8 Å². The van der Waals surface area contributed by atoms with Gasteiger partial charge in [-0.15, -0.1) is 0 Å². The van der Waals surface area contributed by atoms with E-state index in [1.54, 1.807) is 18.3 Å². The van der Waals surface area contributed by atoms with Gasteiger partial charge in [0, 0.05) is 15.6 Å². The molecule has 0 aliphatic heterocycles.